The summed E-state index contributed by atoms with van der Waals surface area (Å²) in [5.41, 5.74) is 0.928. The van der Waals surface area contributed by atoms with Crippen LogP contribution in [-0.2, 0) is 10.6 Å². The van der Waals surface area contributed by atoms with Crippen LogP contribution < -0.4 is 9.47 Å². The van der Waals surface area contributed by atoms with Crippen LogP contribution in [0.4, 0.5) is 0 Å². The van der Waals surface area contributed by atoms with Gasteiger partial charge in [-0.05, 0) is 13.0 Å². The van der Waals surface area contributed by atoms with Crippen molar-refractivity contribution in [3.8, 4) is 11.5 Å². The first-order valence-corrected chi connectivity index (χ1v) is 5.28. The molecule has 0 bridgehead atoms. The molecule has 15 heavy (non-hydrogen) atoms. The van der Waals surface area contributed by atoms with Crippen LogP contribution in [0.5, 0.6) is 11.5 Å². The van der Waals surface area contributed by atoms with Crippen LogP contribution in [0.25, 0.3) is 0 Å². The van der Waals surface area contributed by atoms with Gasteiger partial charge >= 0.3 is 0 Å². The fraction of sp³-hybridized carbons (Fsp3) is 0.455. The highest BCUT2D eigenvalue weighted by Crippen LogP contribution is 2.26. The number of hydrogen-bond acceptors (Lipinski definition) is 3. The Morgan fingerprint density at radius 2 is 2.13 bits per heavy atom. The van der Waals surface area contributed by atoms with Crippen molar-refractivity contribution in [2.75, 3.05) is 20.5 Å². The van der Waals surface area contributed by atoms with E-state index < -0.39 is 0 Å². The maximum atomic E-state index is 5.78. The molecule has 0 radical (unpaired) electrons. The maximum absolute atomic E-state index is 5.78. The minimum absolute atomic E-state index is 0.230. The molecule has 0 saturated heterocycles. The first-order valence-electron chi connectivity index (χ1n) is 4.75. The zero-order valence-corrected chi connectivity index (χ0v) is 9.71. The molecule has 0 N–H and O–H groups in total. The number of rotatable bonds is 6. The number of benzene rings is 1. The Balaban J connectivity index is 2.72. The third-order valence-corrected chi connectivity index (χ3v) is 2.21. The van der Waals surface area contributed by atoms with Gasteiger partial charge in [-0.1, -0.05) is 6.07 Å². The van der Waals surface area contributed by atoms with Crippen molar-refractivity contribution in [3.63, 3.8) is 0 Å². The molecule has 3 nitrogen and oxygen atoms in total. The molecule has 1 rings (SSSR count). The molecule has 0 fully saturated rings. The van der Waals surface area contributed by atoms with Crippen molar-refractivity contribution in [1.82, 2.24) is 0 Å². The Hall–Kier alpha value is -0.930. The van der Waals surface area contributed by atoms with Crippen LogP contribution in [0, 0.1) is 0 Å². The summed E-state index contributed by atoms with van der Waals surface area (Å²) in [4.78, 5) is 0. The Morgan fingerprint density at radius 3 is 2.73 bits per heavy atom. The van der Waals surface area contributed by atoms with Gasteiger partial charge < -0.3 is 14.2 Å². The monoisotopic (exact) mass is 230 g/mol. The van der Waals surface area contributed by atoms with Crippen LogP contribution in [0.15, 0.2) is 18.2 Å². The lowest BCUT2D eigenvalue weighted by molar-refractivity contribution is 0.0218. The summed E-state index contributed by atoms with van der Waals surface area (Å²) in [7, 11) is 1.61. The summed E-state index contributed by atoms with van der Waals surface area (Å²) in [5, 5.41) is 0. The van der Waals surface area contributed by atoms with Crippen LogP contribution in [-0.4, -0.2) is 20.5 Å². The Bertz CT molecular complexity index is 302. The Labute approximate surface area is 94.9 Å². The molecule has 0 unspecified atom stereocenters. The van der Waals surface area contributed by atoms with E-state index in [9.17, 15) is 0 Å². The average Bonchev–Trinajstić information content (AvgIpc) is 2.29. The van der Waals surface area contributed by atoms with E-state index in [4.69, 9.17) is 25.8 Å². The van der Waals surface area contributed by atoms with Crippen LogP contribution in [0.3, 0.4) is 0 Å². The maximum Gasteiger partial charge on any atom is 0.189 e. The van der Waals surface area contributed by atoms with Gasteiger partial charge in [0.2, 0.25) is 0 Å². The molecular formula is C11H15ClO3. The van der Waals surface area contributed by atoms with E-state index in [2.05, 4.69) is 0 Å². The largest absolute Gasteiger partial charge is 0.497 e. The molecule has 0 amide bonds. The van der Waals surface area contributed by atoms with E-state index in [0.717, 1.165) is 11.3 Å². The lowest BCUT2D eigenvalue weighted by Crippen LogP contribution is -2.03. The molecule has 1 aromatic rings. The molecule has 0 atom stereocenters. The predicted octanol–water partition coefficient (Wildman–Crippen LogP) is 2.81. The van der Waals surface area contributed by atoms with Crippen molar-refractivity contribution < 1.29 is 14.2 Å². The molecule has 0 spiro atoms. The summed E-state index contributed by atoms with van der Waals surface area (Å²) >= 11 is 5.78. The smallest absolute Gasteiger partial charge is 0.189 e. The van der Waals surface area contributed by atoms with E-state index >= 15 is 0 Å². The summed E-state index contributed by atoms with van der Waals surface area (Å²) in [6.45, 7) is 2.77. The summed E-state index contributed by atoms with van der Waals surface area (Å²) in [6.07, 6.45) is 0. The minimum atomic E-state index is 0.230. The van der Waals surface area contributed by atoms with Gasteiger partial charge in [-0.2, -0.15) is 0 Å². The summed E-state index contributed by atoms with van der Waals surface area (Å²) < 4.78 is 15.6. The van der Waals surface area contributed by atoms with Gasteiger partial charge in [0.25, 0.3) is 0 Å². The van der Waals surface area contributed by atoms with Crippen molar-refractivity contribution in [2.45, 2.75) is 12.8 Å². The van der Waals surface area contributed by atoms with Gasteiger partial charge in [0.1, 0.15) is 11.5 Å². The fourth-order valence-corrected chi connectivity index (χ4v) is 1.32. The van der Waals surface area contributed by atoms with E-state index in [1.54, 1.807) is 13.2 Å². The molecule has 0 heterocycles. The number of ether oxygens (including phenoxy) is 3. The lowest BCUT2D eigenvalue weighted by Gasteiger charge is -2.11. The third kappa shape index (κ3) is 3.61. The molecule has 84 valence electrons. The van der Waals surface area contributed by atoms with Gasteiger partial charge in [0.05, 0.1) is 13.0 Å². The van der Waals surface area contributed by atoms with Gasteiger partial charge in [-0.15, -0.1) is 11.6 Å². The van der Waals surface area contributed by atoms with E-state index in [1.165, 1.54) is 0 Å². The molecule has 0 saturated carbocycles. The zero-order chi connectivity index (χ0) is 11.1. The lowest BCUT2D eigenvalue weighted by atomic mass is 10.2. The number of methoxy groups -OCH3 is 1. The normalized spacial score (nSPS) is 10.1. The minimum Gasteiger partial charge on any atom is -0.497 e. The topological polar surface area (TPSA) is 27.7 Å². The van der Waals surface area contributed by atoms with E-state index in [-0.39, 0.29) is 6.79 Å². The molecule has 0 aromatic heterocycles. The number of halogens is 1. The van der Waals surface area contributed by atoms with Gasteiger partial charge in [0.15, 0.2) is 6.79 Å². The van der Waals surface area contributed by atoms with Crippen LogP contribution in [0.2, 0.25) is 0 Å². The van der Waals surface area contributed by atoms with Gasteiger partial charge in [-0.3, -0.25) is 0 Å². The van der Waals surface area contributed by atoms with Gasteiger partial charge in [-0.25, -0.2) is 0 Å². The second kappa shape index (κ2) is 6.53. The molecule has 1 aromatic carbocycles. The van der Waals surface area contributed by atoms with Gasteiger partial charge in [0, 0.05) is 18.2 Å². The third-order valence-electron chi connectivity index (χ3n) is 1.92. The molecule has 0 aliphatic rings. The second-order valence-corrected chi connectivity index (χ2v) is 3.13. The average molecular weight is 231 g/mol. The highest BCUT2D eigenvalue weighted by molar-refractivity contribution is 6.17. The standard InChI is InChI=1S/C11H15ClO3/c1-3-14-8-15-11-6-10(13-2)5-4-9(11)7-12/h4-6H,3,7-8H2,1-2H3. The Morgan fingerprint density at radius 1 is 1.33 bits per heavy atom. The number of hydrogen-bond donors (Lipinski definition) is 0. The highest BCUT2D eigenvalue weighted by atomic mass is 35.5. The summed E-state index contributed by atoms with van der Waals surface area (Å²) in [5.74, 6) is 1.86. The Kier molecular flexibility index (Phi) is 5.29. The van der Waals surface area contributed by atoms with E-state index in [0.29, 0.717) is 18.2 Å². The van der Waals surface area contributed by atoms with Crippen LogP contribution in [0.1, 0.15) is 12.5 Å². The van der Waals surface area contributed by atoms with Crippen molar-refractivity contribution in [3.05, 3.63) is 23.8 Å². The molecule has 4 heteroatoms. The van der Waals surface area contributed by atoms with E-state index in [1.807, 2.05) is 19.1 Å². The SMILES string of the molecule is CCOCOc1cc(OC)ccc1CCl. The highest BCUT2D eigenvalue weighted by Gasteiger charge is 2.04. The fourth-order valence-electron chi connectivity index (χ4n) is 1.10. The first-order chi connectivity index (χ1) is 7.31. The van der Waals surface area contributed by atoms with Crippen molar-refractivity contribution >= 4 is 11.6 Å². The molecule has 0 aliphatic heterocycles. The zero-order valence-electron chi connectivity index (χ0n) is 8.96. The summed E-state index contributed by atoms with van der Waals surface area (Å²) in [6, 6.07) is 5.54. The quantitative estimate of drug-likeness (QED) is 0.427. The van der Waals surface area contributed by atoms with Crippen LogP contribution >= 0.6 is 11.6 Å². The predicted molar refractivity (Wildman–Crippen MR) is 59.7 cm³/mol. The second-order valence-electron chi connectivity index (χ2n) is 2.86. The molecule has 0 aliphatic carbocycles. The van der Waals surface area contributed by atoms with Crippen molar-refractivity contribution in [1.29, 1.82) is 0 Å². The molecular weight excluding hydrogens is 216 g/mol. The first kappa shape index (κ1) is 12.1. The number of alkyl halides is 1. The van der Waals surface area contributed by atoms with Crippen molar-refractivity contribution in [2.24, 2.45) is 0 Å².